The topological polar surface area (TPSA) is 9.23 Å². The number of hydrogen-bond donors (Lipinski definition) is 0. The fourth-order valence-corrected chi connectivity index (χ4v) is 2.47. The summed E-state index contributed by atoms with van der Waals surface area (Å²) in [6.07, 6.45) is 3.21. The lowest BCUT2D eigenvalue weighted by atomic mass is 9.97. The summed E-state index contributed by atoms with van der Waals surface area (Å²) in [6, 6.07) is 18.3. The van der Waals surface area contributed by atoms with E-state index in [2.05, 4.69) is 30.3 Å². The van der Waals surface area contributed by atoms with Crippen molar-refractivity contribution in [3.63, 3.8) is 0 Å². The van der Waals surface area contributed by atoms with Crippen LogP contribution < -0.4 is 0 Å². The zero-order valence-corrected chi connectivity index (χ0v) is 11.3. The molecule has 1 atom stereocenters. The summed E-state index contributed by atoms with van der Waals surface area (Å²) in [5.74, 6) is 0. The summed E-state index contributed by atoms with van der Waals surface area (Å²) in [7, 11) is 0. The molecule has 0 saturated carbocycles. The third-order valence-electron chi connectivity index (χ3n) is 3.36. The quantitative estimate of drug-likeness (QED) is 0.755. The Morgan fingerprint density at radius 2 is 1.68 bits per heavy atom. The van der Waals surface area contributed by atoms with Gasteiger partial charge in [-0.15, -0.1) is 0 Å². The average molecular weight is 271 g/mol. The van der Waals surface area contributed by atoms with Gasteiger partial charge in [0, 0.05) is 5.02 Å². The maximum Gasteiger partial charge on any atom is 0.101 e. The van der Waals surface area contributed by atoms with Crippen LogP contribution in [-0.2, 0) is 4.74 Å². The van der Waals surface area contributed by atoms with E-state index in [1.807, 2.05) is 30.3 Å². The van der Waals surface area contributed by atoms with E-state index in [9.17, 15) is 0 Å². The van der Waals surface area contributed by atoms with Crippen molar-refractivity contribution < 1.29 is 4.74 Å². The normalized spacial score (nSPS) is 19.0. The minimum atomic E-state index is 0.0289. The first-order valence-electron chi connectivity index (χ1n) is 6.46. The molecular weight excluding hydrogens is 256 g/mol. The number of ether oxygens (including phenoxy) is 1. The second-order valence-corrected chi connectivity index (χ2v) is 5.09. The molecule has 2 heteroatoms. The lowest BCUT2D eigenvalue weighted by molar-refractivity contribution is 0.0827. The van der Waals surface area contributed by atoms with E-state index in [4.69, 9.17) is 16.3 Å². The summed E-state index contributed by atoms with van der Waals surface area (Å²) >= 11 is 5.92. The third kappa shape index (κ3) is 2.89. The van der Waals surface area contributed by atoms with Crippen molar-refractivity contribution >= 4 is 17.2 Å². The Hall–Kier alpha value is -1.57. The van der Waals surface area contributed by atoms with Crippen molar-refractivity contribution in [1.82, 2.24) is 0 Å². The van der Waals surface area contributed by atoms with E-state index in [-0.39, 0.29) is 6.10 Å². The Bertz CT molecular complexity index is 572. The van der Waals surface area contributed by atoms with Crippen LogP contribution in [0.4, 0.5) is 0 Å². The van der Waals surface area contributed by atoms with Crippen molar-refractivity contribution in [1.29, 1.82) is 0 Å². The molecule has 1 nitrogen and oxygen atoms in total. The van der Waals surface area contributed by atoms with Crippen molar-refractivity contribution in [2.75, 3.05) is 6.61 Å². The molecule has 0 saturated heterocycles. The minimum absolute atomic E-state index is 0.0289. The number of rotatable bonds is 2. The summed E-state index contributed by atoms with van der Waals surface area (Å²) in [4.78, 5) is 0. The third-order valence-corrected chi connectivity index (χ3v) is 3.62. The van der Waals surface area contributed by atoms with Gasteiger partial charge in [-0.25, -0.2) is 0 Å². The van der Waals surface area contributed by atoms with Crippen LogP contribution in [0.1, 0.15) is 23.7 Å². The largest absolute Gasteiger partial charge is 0.369 e. The molecule has 1 unspecified atom stereocenters. The predicted molar refractivity (Wildman–Crippen MR) is 79.2 cm³/mol. The predicted octanol–water partition coefficient (Wildman–Crippen LogP) is 4.89. The molecule has 2 aromatic rings. The molecule has 2 aromatic carbocycles. The van der Waals surface area contributed by atoms with Crippen molar-refractivity contribution in [2.45, 2.75) is 12.5 Å². The van der Waals surface area contributed by atoms with Gasteiger partial charge in [-0.1, -0.05) is 54.1 Å². The summed E-state index contributed by atoms with van der Waals surface area (Å²) < 4.78 is 5.84. The van der Waals surface area contributed by atoms with Crippen LogP contribution in [-0.4, -0.2) is 6.61 Å². The van der Waals surface area contributed by atoms with Crippen molar-refractivity contribution in [3.05, 3.63) is 76.8 Å². The first kappa shape index (κ1) is 12.5. The molecule has 0 radical (unpaired) electrons. The van der Waals surface area contributed by atoms with Crippen LogP contribution in [0.3, 0.4) is 0 Å². The first-order chi connectivity index (χ1) is 9.33. The van der Waals surface area contributed by atoms with Gasteiger partial charge in [0.1, 0.15) is 6.10 Å². The Labute approximate surface area is 118 Å². The van der Waals surface area contributed by atoms with Gasteiger partial charge in [-0.05, 0) is 41.3 Å². The Balaban J connectivity index is 1.90. The van der Waals surface area contributed by atoms with Crippen molar-refractivity contribution in [3.8, 4) is 0 Å². The van der Waals surface area contributed by atoms with E-state index in [1.54, 1.807) is 0 Å². The molecule has 0 N–H and O–H groups in total. The summed E-state index contributed by atoms with van der Waals surface area (Å²) in [5, 5.41) is 0.756. The van der Waals surface area contributed by atoms with Crippen LogP contribution in [0.15, 0.2) is 60.7 Å². The van der Waals surface area contributed by atoms with Crippen LogP contribution in [0.2, 0.25) is 5.02 Å². The molecule has 96 valence electrons. The highest BCUT2D eigenvalue weighted by atomic mass is 35.5. The molecule has 0 spiro atoms. The fraction of sp³-hybridized carbons (Fsp3) is 0.176. The molecule has 0 aliphatic carbocycles. The van der Waals surface area contributed by atoms with Gasteiger partial charge in [-0.3, -0.25) is 0 Å². The lowest BCUT2D eigenvalue weighted by Crippen LogP contribution is -2.10. The Morgan fingerprint density at radius 3 is 2.42 bits per heavy atom. The van der Waals surface area contributed by atoms with E-state index < -0.39 is 0 Å². The van der Waals surface area contributed by atoms with Gasteiger partial charge in [-0.2, -0.15) is 0 Å². The molecular formula is C17H15ClO. The maximum absolute atomic E-state index is 5.92. The monoisotopic (exact) mass is 270 g/mol. The van der Waals surface area contributed by atoms with Crippen LogP contribution in [0, 0.1) is 0 Å². The highest BCUT2D eigenvalue weighted by molar-refractivity contribution is 6.30. The number of hydrogen-bond acceptors (Lipinski definition) is 1. The van der Waals surface area contributed by atoms with E-state index in [0.717, 1.165) is 23.6 Å². The van der Waals surface area contributed by atoms with Gasteiger partial charge in [0.15, 0.2) is 0 Å². The highest BCUT2D eigenvalue weighted by Gasteiger charge is 2.16. The van der Waals surface area contributed by atoms with E-state index in [1.165, 1.54) is 11.1 Å². The Kier molecular flexibility index (Phi) is 3.67. The van der Waals surface area contributed by atoms with Gasteiger partial charge in [0.05, 0.1) is 6.61 Å². The summed E-state index contributed by atoms with van der Waals surface area (Å²) in [6.45, 7) is 0.758. The zero-order valence-electron chi connectivity index (χ0n) is 10.6. The van der Waals surface area contributed by atoms with Crippen LogP contribution in [0.5, 0.6) is 0 Å². The van der Waals surface area contributed by atoms with Crippen LogP contribution in [0.25, 0.3) is 5.57 Å². The molecule has 1 aliphatic heterocycles. The van der Waals surface area contributed by atoms with Gasteiger partial charge in [0.25, 0.3) is 0 Å². The zero-order chi connectivity index (χ0) is 13.1. The summed E-state index contributed by atoms with van der Waals surface area (Å²) in [5.41, 5.74) is 3.79. The second kappa shape index (κ2) is 5.60. The van der Waals surface area contributed by atoms with E-state index in [0.29, 0.717) is 0 Å². The van der Waals surface area contributed by atoms with E-state index >= 15 is 0 Å². The van der Waals surface area contributed by atoms with Crippen molar-refractivity contribution in [2.24, 2.45) is 0 Å². The Morgan fingerprint density at radius 1 is 0.947 bits per heavy atom. The molecule has 0 bridgehead atoms. The smallest absolute Gasteiger partial charge is 0.101 e. The maximum atomic E-state index is 5.92. The molecule has 3 rings (SSSR count). The molecule has 0 fully saturated rings. The molecule has 0 aromatic heterocycles. The molecule has 1 aliphatic rings. The first-order valence-corrected chi connectivity index (χ1v) is 6.84. The highest BCUT2D eigenvalue weighted by Crippen LogP contribution is 2.31. The lowest BCUT2D eigenvalue weighted by Gasteiger charge is -2.22. The fourth-order valence-electron chi connectivity index (χ4n) is 2.35. The second-order valence-electron chi connectivity index (χ2n) is 4.65. The average Bonchev–Trinajstić information content (AvgIpc) is 2.49. The van der Waals surface area contributed by atoms with Gasteiger partial charge >= 0.3 is 0 Å². The number of benzene rings is 2. The molecule has 19 heavy (non-hydrogen) atoms. The number of halogens is 1. The van der Waals surface area contributed by atoms with Gasteiger partial charge in [0.2, 0.25) is 0 Å². The minimum Gasteiger partial charge on any atom is -0.369 e. The van der Waals surface area contributed by atoms with Gasteiger partial charge < -0.3 is 4.74 Å². The van der Waals surface area contributed by atoms with Crippen LogP contribution >= 0.6 is 11.6 Å². The molecule has 0 amide bonds. The standard InChI is InChI=1S/C17H15ClO/c18-16-8-6-14(7-9-16)17-12-15(10-11-19-17)13-4-2-1-3-5-13/h1-9,12,17H,10-11H2. The SMILES string of the molecule is Clc1ccc(C2C=C(c3ccccc3)CCO2)cc1. The molecule has 1 heterocycles.